The van der Waals surface area contributed by atoms with Crippen molar-refractivity contribution in [1.29, 1.82) is 0 Å². The molecule has 8 heteroatoms. The summed E-state index contributed by atoms with van der Waals surface area (Å²) in [6.07, 6.45) is 4.23. The third-order valence-corrected chi connectivity index (χ3v) is 6.14. The first-order valence-electron chi connectivity index (χ1n) is 9.91. The number of nitrogens with one attached hydrogen (secondary N) is 1. The van der Waals surface area contributed by atoms with Crippen molar-refractivity contribution >= 4 is 40.1 Å². The highest BCUT2D eigenvalue weighted by Gasteiger charge is 2.30. The van der Waals surface area contributed by atoms with Crippen LogP contribution in [0.25, 0.3) is 5.65 Å². The quantitative estimate of drug-likeness (QED) is 0.612. The number of amides is 1. The van der Waals surface area contributed by atoms with Gasteiger partial charge in [0.1, 0.15) is 11.4 Å². The monoisotopic (exact) mass is 499 g/mol. The lowest BCUT2D eigenvalue weighted by Gasteiger charge is -2.31. The van der Waals surface area contributed by atoms with E-state index in [9.17, 15) is 4.79 Å². The lowest BCUT2D eigenvalue weighted by molar-refractivity contribution is 0.0175. The van der Waals surface area contributed by atoms with Crippen molar-refractivity contribution in [3.05, 3.63) is 21.0 Å². The molecule has 28 heavy (non-hydrogen) atoms. The fourth-order valence-electron chi connectivity index (χ4n) is 3.61. The number of aromatic nitrogens is 3. The largest absolute Gasteiger partial charge is 0.444 e. The van der Waals surface area contributed by atoms with E-state index in [-0.39, 0.29) is 12.1 Å². The SMILES string of the molecule is Cc1cc(NCCN(C(=O)OC(C)(C)C)C2CCCC2)n2nc(C)c(I)c2n1. The maximum absolute atomic E-state index is 12.8. The van der Waals surface area contributed by atoms with Crippen molar-refractivity contribution in [2.75, 3.05) is 18.4 Å². The van der Waals surface area contributed by atoms with Gasteiger partial charge >= 0.3 is 6.09 Å². The van der Waals surface area contributed by atoms with Gasteiger partial charge in [-0.25, -0.2) is 9.78 Å². The molecule has 0 aliphatic heterocycles. The van der Waals surface area contributed by atoms with Crippen LogP contribution in [0, 0.1) is 17.4 Å². The van der Waals surface area contributed by atoms with Gasteiger partial charge in [0.2, 0.25) is 0 Å². The molecule has 3 rings (SSSR count). The first-order valence-corrected chi connectivity index (χ1v) is 11.0. The van der Waals surface area contributed by atoms with E-state index in [0.29, 0.717) is 13.1 Å². The highest BCUT2D eigenvalue weighted by Crippen LogP contribution is 2.25. The highest BCUT2D eigenvalue weighted by molar-refractivity contribution is 14.1. The molecule has 2 aromatic heterocycles. The lowest BCUT2D eigenvalue weighted by Crippen LogP contribution is -2.44. The van der Waals surface area contributed by atoms with Gasteiger partial charge in [0, 0.05) is 30.9 Å². The highest BCUT2D eigenvalue weighted by atomic mass is 127. The Kier molecular flexibility index (Phi) is 6.36. The number of aryl methyl sites for hydroxylation is 2. The van der Waals surface area contributed by atoms with Crippen LogP contribution in [0.15, 0.2) is 6.07 Å². The number of carbonyl (C=O) groups is 1. The molecule has 2 aromatic rings. The molecule has 1 N–H and O–H groups in total. The molecule has 1 aliphatic rings. The van der Waals surface area contributed by atoms with Gasteiger partial charge in [0.15, 0.2) is 5.65 Å². The number of hydrogen-bond acceptors (Lipinski definition) is 5. The van der Waals surface area contributed by atoms with E-state index in [1.807, 2.05) is 50.1 Å². The average Bonchev–Trinajstić information content (AvgIpc) is 3.20. The summed E-state index contributed by atoms with van der Waals surface area (Å²) in [5, 5.41) is 8.04. The number of fused-ring (bicyclic) bond motifs is 1. The summed E-state index contributed by atoms with van der Waals surface area (Å²) in [5.41, 5.74) is 2.27. The lowest BCUT2D eigenvalue weighted by atomic mass is 10.2. The Morgan fingerprint density at radius 1 is 1.36 bits per heavy atom. The van der Waals surface area contributed by atoms with Gasteiger partial charge in [-0.3, -0.25) is 0 Å². The molecule has 1 fully saturated rings. The van der Waals surface area contributed by atoms with E-state index in [4.69, 9.17) is 4.74 Å². The van der Waals surface area contributed by atoms with Crippen molar-refractivity contribution in [3.8, 4) is 0 Å². The van der Waals surface area contributed by atoms with Crippen LogP contribution in [0.2, 0.25) is 0 Å². The number of nitrogens with zero attached hydrogens (tertiary/aromatic N) is 4. The third kappa shape index (κ3) is 4.87. The van der Waals surface area contributed by atoms with E-state index < -0.39 is 5.60 Å². The average molecular weight is 499 g/mol. The Morgan fingerprint density at radius 3 is 2.68 bits per heavy atom. The number of anilines is 1. The third-order valence-electron chi connectivity index (χ3n) is 4.87. The number of ether oxygens (including phenoxy) is 1. The molecule has 0 atom stereocenters. The van der Waals surface area contributed by atoms with Crippen LogP contribution in [0.1, 0.15) is 57.8 Å². The maximum atomic E-state index is 12.8. The van der Waals surface area contributed by atoms with Crippen LogP contribution >= 0.6 is 22.6 Å². The van der Waals surface area contributed by atoms with Crippen molar-refractivity contribution in [2.45, 2.75) is 71.9 Å². The zero-order chi connectivity index (χ0) is 20.5. The fourth-order valence-corrected chi connectivity index (χ4v) is 4.07. The molecule has 0 bridgehead atoms. The van der Waals surface area contributed by atoms with Crippen molar-refractivity contribution in [3.63, 3.8) is 0 Å². The number of carbonyl (C=O) groups excluding carboxylic acids is 1. The van der Waals surface area contributed by atoms with E-state index in [0.717, 1.165) is 39.3 Å². The van der Waals surface area contributed by atoms with Crippen molar-refractivity contribution in [1.82, 2.24) is 19.5 Å². The molecule has 0 aromatic carbocycles. The minimum absolute atomic E-state index is 0.221. The maximum Gasteiger partial charge on any atom is 0.410 e. The van der Waals surface area contributed by atoms with Gasteiger partial charge in [0.05, 0.1) is 9.26 Å². The Labute approximate surface area is 180 Å². The van der Waals surface area contributed by atoms with Crippen LogP contribution in [0.5, 0.6) is 0 Å². The molecule has 1 saturated carbocycles. The predicted molar refractivity (Wildman–Crippen MR) is 119 cm³/mol. The van der Waals surface area contributed by atoms with E-state index in [2.05, 4.69) is 38.0 Å². The van der Waals surface area contributed by atoms with Gasteiger partial charge in [-0.1, -0.05) is 12.8 Å². The van der Waals surface area contributed by atoms with E-state index >= 15 is 0 Å². The normalized spacial score (nSPS) is 15.2. The van der Waals surface area contributed by atoms with Gasteiger partial charge in [-0.2, -0.15) is 9.61 Å². The fraction of sp³-hybridized carbons (Fsp3) is 0.650. The Balaban J connectivity index is 1.73. The summed E-state index contributed by atoms with van der Waals surface area (Å²) < 4.78 is 8.56. The minimum Gasteiger partial charge on any atom is -0.444 e. The van der Waals surface area contributed by atoms with E-state index in [1.54, 1.807) is 0 Å². The summed E-state index contributed by atoms with van der Waals surface area (Å²) >= 11 is 2.28. The van der Waals surface area contributed by atoms with Crippen LogP contribution in [0.3, 0.4) is 0 Å². The Bertz CT molecular complexity index is 852. The van der Waals surface area contributed by atoms with Crippen LogP contribution in [-0.2, 0) is 4.74 Å². The summed E-state index contributed by atoms with van der Waals surface area (Å²) in [6, 6.07) is 2.26. The molecule has 0 saturated heterocycles. The van der Waals surface area contributed by atoms with Crippen molar-refractivity contribution < 1.29 is 9.53 Å². The van der Waals surface area contributed by atoms with Crippen molar-refractivity contribution in [2.24, 2.45) is 0 Å². The molecule has 154 valence electrons. The molecule has 1 aliphatic carbocycles. The second-order valence-corrected chi connectivity index (χ2v) is 9.54. The second-order valence-electron chi connectivity index (χ2n) is 8.46. The minimum atomic E-state index is -0.487. The Morgan fingerprint density at radius 2 is 2.04 bits per heavy atom. The first kappa shape index (κ1) is 21.1. The topological polar surface area (TPSA) is 71.8 Å². The van der Waals surface area contributed by atoms with Crippen LogP contribution in [0.4, 0.5) is 10.6 Å². The van der Waals surface area contributed by atoms with Crippen LogP contribution in [-0.4, -0.2) is 50.3 Å². The molecule has 0 unspecified atom stereocenters. The van der Waals surface area contributed by atoms with Gasteiger partial charge < -0.3 is 15.0 Å². The Hall–Kier alpha value is -1.58. The molecular formula is C20H30IN5O2. The predicted octanol–water partition coefficient (Wildman–Crippen LogP) is 4.54. The summed E-state index contributed by atoms with van der Waals surface area (Å²) in [7, 11) is 0. The molecular weight excluding hydrogens is 469 g/mol. The van der Waals surface area contributed by atoms with Gasteiger partial charge in [0.25, 0.3) is 0 Å². The summed E-state index contributed by atoms with van der Waals surface area (Å²) in [5.74, 6) is 0.893. The van der Waals surface area contributed by atoms with E-state index in [1.165, 1.54) is 12.8 Å². The number of hydrogen-bond donors (Lipinski definition) is 1. The molecule has 0 radical (unpaired) electrons. The second kappa shape index (κ2) is 8.42. The zero-order valence-electron chi connectivity index (χ0n) is 17.4. The van der Waals surface area contributed by atoms with Gasteiger partial charge in [-0.05, 0) is 70.1 Å². The number of rotatable bonds is 5. The smallest absolute Gasteiger partial charge is 0.410 e. The van der Waals surface area contributed by atoms with Gasteiger partial charge in [-0.15, -0.1) is 0 Å². The first-order chi connectivity index (χ1) is 13.2. The standard InChI is InChI=1S/C20H30IN5O2/c1-13-12-16(26-18(23-13)17(21)14(2)24-26)22-10-11-25(15-8-6-7-9-15)19(27)28-20(3,4)5/h12,15,22H,6-11H2,1-5H3. The molecule has 2 heterocycles. The number of halogens is 1. The zero-order valence-corrected chi connectivity index (χ0v) is 19.5. The summed E-state index contributed by atoms with van der Waals surface area (Å²) in [4.78, 5) is 19.2. The molecule has 1 amide bonds. The molecule has 0 spiro atoms. The van der Waals surface area contributed by atoms with Crippen LogP contribution < -0.4 is 5.32 Å². The molecule has 7 nitrogen and oxygen atoms in total. The summed E-state index contributed by atoms with van der Waals surface area (Å²) in [6.45, 7) is 10.9.